The van der Waals surface area contributed by atoms with Gasteiger partial charge in [0.1, 0.15) is 10.7 Å². The lowest BCUT2D eigenvalue weighted by atomic mass is 9.78. The molecule has 0 saturated heterocycles. The zero-order chi connectivity index (χ0) is 15.7. The van der Waals surface area contributed by atoms with Gasteiger partial charge in [0.05, 0.1) is 17.8 Å². The number of anilines is 1. The molecule has 1 fully saturated rings. The van der Waals surface area contributed by atoms with Crippen molar-refractivity contribution in [3.05, 3.63) is 24.0 Å². The number of hydrogen-bond acceptors (Lipinski definition) is 4. The van der Waals surface area contributed by atoms with Crippen molar-refractivity contribution in [2.24, 2.45) is 5.92 Å². The van der Waals surface area contributed by atoms with E-state index in [2.05, 4.69) is 11.6 Å². The van der Waals surface area contributed by atoms with Crippen molar-refractivity contribution < 1.29 is 17.9 Å². The highest BCUT2D eigenvalue weighted by molar-refractivity contribution is 7.89. The molecule has 0 radical (unpaired) electrons. The summed E-state index contributed by atoms with van der Waals surface area (Å²) in [5.74, 6) is -0.262. The van der Waals surface area contributed by atoms with Gasteiger partial charge in [0.15, 0.2) is 0 Å². The number of nitrogens with two attached hydrogens (primary N) is 1. The monoisotopic (exact) mass is 316 g/mol. The average Bonchev–Trinajstić information content (AvgIpc) is 2.44. The molecular formula is C14H21FN2O3S. The molecule has 21 heavy (non-hydrogen) atoms. The van der Waals surface area contributed by atoms with E-state index in [1.807, 2.05) is 0 Å². The molecule has 0 unspecified atom stereocenters. The van der Waals surface area contributed by atoms with Crippen LogP contribution in [0, 0.1) is 11.7 Å². The standard InChI is InChI=1S/C14H21FN2O3S/c1-10-5-7-14(9-18,8-6-10)17-21(19,20)12-4-2-3-11(15)13(12)16/h2-4,10,17-18H,5-9,16H2,1H3. The van der Waals surface area contributed by atoms with Gasteiger partial charge in [-0.2, -0.15) is 0 Å². The lowest BCUT2D eigenvalue weighted by molar-refractivity contribution is 0.125. The van der Waals surface area contributed by atoms with Gasteiger partial charge in [0, 0.05) is 0 Å². The van der Waals surface area contributed by atoms with Gasteiger partial charge in [-0.3, -0.25) is 0 Å². The Morgan fingerprint density at radius 2 is 2.05 bits per heavy atom. The number of sulfonamides is 1. The van der Waals surface area contributed by atoms with Crippen molar-refractivity contribution in [1.29, 1.82) is 0 Å². The number of rotatable bonds is 4. The van der Waals surface area contributed by atoms with Crippen molar-refractivity contribution >= 4 is 15.7 Å². The number of nitrogens with one attached hydrogen (secondary N) is 1. The average molecular weight is 316 g/mol. The molecular weight excluding hydrogens is 295 g/mol. The smallest absolute Gasteiger partial charge is 0.243 e. The summed E-state index contributed by atoms with van der Waals surface area (Å²) in [4.78, 5) is -0.283. The van der Waals surface area contributed by atoms with E-state index in [1.165, 1.54) is 12.1 Å². The fraction of sp³-hybridized carbons (Fsp3) is 0.571. The molecule has 0 atom stereocenters. The van der Waals surface area contributed by atoms with Crippen LogP contribution in [-0.4, -0.2) is 25.7 Å². The second-order valence-corrected chi connectivity index (χ2v) is 7.53. The lowest BCUT2D eigenvalue weighted by Gasteiger charge is -2.38. The van der Waals surface area contributed by atoms with Gasteiger partial charge in [-0.15, -0.1) is 0 Å². The van der Waals surface area contributed by atoms with E-state index < -0.39 is 27.1 Å². The predicted molar refractivity (Wildman–Crippen MR) is 78.6 cm³/mol. The maximum Gasteiger partial charge on any atom is 0.243 e. The van der Waals surface area contributed by atoms with Crippen molar-refractivity contribution in [3.63, 3.8) is 0 Å². The Labute approximate surface area is 124 Å². The largest absolute Gasteiger partial charge is 0.395 e. The summed E-state index contributed by atoms with van der Waals surface area (Å²) >= 11 is 0. The molecule has 0 spiro atoms. The topological polar surface area (TPSA) is 92.4 Å². The summed E-state index contributed by atoms with van der Waals surface area (Å²) in [6.45, 7) is 1.81. The van der Waals surface area contributed by atoms with Crippen LogP contribution in [0.1, 0.15) is 32.6 Å². The van der Waals surface area contributed by atoms with Gasteiger partial charge in [-0.1, -0.05) is 13.0 Å². The molecule has 1 aliphatic carbocycles. The second kappa shape index (κ2) is 5.90. The Morgan fingerprint density at radius 1 is 1.43 bits per heavy atom. The van der Waals surface area contributed by atoms with Crippen LogP contribution in [0.4, 0.5) is 10.1 Å². The van der Waals surface area contributed by atoms with Gasteiger partial charge in [-0.05, 0) is 43.7 Å². The van der Waals surface area contributed by atoms with E-state index in [-0.39, 0.29) is 11.5 Å². The number of nitrogen functional groups attached to an aromatic ring is 1. The predicted octanol–water partition coefficient (Wildman–Crippen LogP) is 1.63. The highest BCUT2D eigenvalue weighted by Crippen LogP contribution is 2.33. The van der Waals surface area contributed by atoms with E-state index in [0.29, 0.717) is 18.8 Å². The normalized spacial score (nSPS) is 26.7. The number of hydrogen-bond donors (Lipinski definition) is 3. The van der Waals surface area contributed by atoms with Crippen LogP contribution < -0.4 is 10.5 Å². The molecule has 0 amide bonds. The Balaban J connectivity index is 2.30. The first-order chi connectivity index (χ1) is 9.80. The Hall–Kier alpha value is -1.18. The fourth-order valence-electron chi connectivity index (χ4n) is 2.70. The van der Waals surface area contributed by atoms with E-state index in [4.69, 9.17) is 5.73 Å². The first kappa shape index (κ1) is 16.2. The summed E-state index contributed by atoms with van der Waals surface area (Å²) in [7, 11) is -3.98. The maximum atomic E-state index is 13.5. The third kappa shape index (κ3) is 3.36. The van der Waals surface area contributed by atoms with Gasteiger partial charge in [-0.25, -0.2) is 17.5 Å². The summed E-state index contributed by atoms with van der Waals surface area (Å²) in [5.41, 5.74) is 4.24. The first-order valence-electron chi connectivity index (χ1n) is 6.98. The number of aliphatic hydroxyl groups excluding tert-OH is 1. The second-order valence-electron chi connectivity index (χ2n) is 5.88. The zero-order valence-electron chi connectivity index (χ0n) is 12.0. The molecule has 0 heterocycles. The minimum atomic E-state index is -3.98. The van der Waals surface area contributed by atoms with E-state index in [1.54, 1.807) is 0 Å². The fourth-order valence-corrected chi connectivity index (χ4v) is 4.29. The molecule has 118 valence electrons. The molecule has 4 N–H and O–H groups in total. The Kier molecular flexibility index (Phi) is 4.55. The SMILES string of the molecule is CC1CCC(CO)(NS(=O)(=O)c2cccc(F)c2N)CC1. The molecule has 2 rings (SSSR count). The van der Waals surface area contributed by atoms with Crippen molar-refractivity contribution in [2.75, 3.05) is 12.3 Å². The van der Waals surface area contributed by atoms with Crippen molar-refractivity contribution in [3.8, 4) is 0 Å². The molecule has 1 aromatic carbocycles. The van der Waals surface area contributed by atoms with Crippen LogP contribution in [0.5, 0.6) is 0 Å². The van der Waals surface area contributed by atoms with Crippen LogP contribution in [0.15, 0.2) is 23.1 Å². The van der Waals surface area contributed by atoms with E-state index in [0.717, 1.165) is 18.9 Å². The van der Waals surface area contributed by atoms with Gasteiger partial charge in [0.25, 0.3) is 0 Å². The van der Waals surface area contributed by atoms with Crippen LogP contribution in [-0.2, 0) is 10.0 Å². The minimum absolute atomic E-state index is 0.283. The van der Waals surface area contributed by atoms with Crippen LogP contribution in [0.3, 0.4) is 0 Å². The third-order valence-electron chi connectivity index (χ3n) is 4.19. The molecule has 0 bridgehead atoms. The molecule has 0 aliphatic heterocycles. The summed E-state index contributed by atoms with van der Waals surface area (Å²) in [6.07, 6.45) is 2.78. The summed E-state index contributed by atoms with van der Waals surface area (Å²) < 4.78 is 40.9. The molecule has 5 nitrogen and oxygen atoms in total. The number of aliphatic hydroxyl groups is 1. The van der Waals surface area contributed by atoms with Gasteiger partial charge < -0.3 is 10.8 Å². The molecule has 0 aromatic heterocycles. The van der Waals surface area contributed by atoms with Crippen molar-refractivity contribution in [1.82, 2.24) is 4.72 Å². The Morgan fingerprint density at radius 3 is 2.62 bits per heavy atom. The third-order valence-corrected chi connectivity index (χ3v) is 5.82. The van der Waals surface area contributed by atoms with Crippen LogP contribution in [0.25, 0.3) is 0 Å². The summed E-state index contributed by atoms with van der Waals surface area (Å²) in [5, 5.41) is 9.63. The van der Waals surface area contributed by atoms with Crippen LogP contribution in [0.2, 0.25) is 0 Å². The summed E-state index contributed by atoms with van der Waals surface area (Å²) in [6, 6.07) is 3.67. The molecule has 1 saturated carbocycles. The highest BCUT2D eigenvalue weighted by atomic mass is 32.2. The Bertz CT molecular complexity index is 611. The number of para-hydroxylation sites is 1. The highest BCUT2D eigenvalue weighted by Gasteiger charge is 2.38. The molecule has 1 aromatic rings. The number of halogens is 1. The maximum absolute atomic E-state index is 13.5. The zero-order valence-corrected chi connectivity index (χ0v) is 12.8. The molecule has 1 aliphatic rings. The first-order valence-corrected chi connectivity index (χ1v) is 8.47. The lowest BCUT2D eigenvalue weighted by Crippen LogP contribution is -2.53. The van der Waals surface area contributed by atoms with E-state index in [9.17, 15) is 17.9 Å². The van der Waals surface area contributed by atoms with Crippen molar-refractivity contribution in [2.45, 2.75) is 43.0 Å². The van der Waals surface area contributed by atoms with Gasteiger partial charge >= 0.3 is 0 Å². The number of benzene rings is 1. The van der Waals surface area contributed by atoms with E-state index >= 15 is 0 Å². The quantitative estimate of drug-likeness (QED) is 0.736. The van der Waals surface area contributed by atoms with Gasteiger partial charge in [0.2, 0.25) is 10.0 Å². The van der Waals surface area contributed by atoms with Crippen LogP contribution >= 0.6 is 0 Å². The molecule has 7 heteroatoms. The minimum Gasteiger partial charge on any atom is -0.395 e.